The molecule has 0 bridgehead atoms. The predicted molar refractivity (Wildman–Crippen MR) is 48.8 cm³/mol. The third kappa shape index (κ3) is 1.55. The van der Waals surface area contributed by atoms with Gasteiger partial charge in [0.05, 0.1) is 5.56 Å². The Morgan fingerprint density at radius 3 is 3.00 bits per heavy atom. The van der Waals surface area contributed by atoms with E-state index < -0.39 is 5.97 Å². The minimum atomic E-state index is -0.846. The molecule has 0 fully saturated rings. The molecule has 0 saturated heterocycles. The molecule has 3 nitrogen and oxygen atoms in total. The first kappa shape index (κ1) is 8.26. The minimum absolute atomic E-state index is 0.389. The number of nitrogens with one attached hydrogen (secondary N) is 1. The van der Waals surface area contributed by atoms with Gasteiger partial charge in [-0.15, -0.1) is 0 Å². The fourth-order valence-corrected chi connectivity index (χ4v) is 1.61. The van der Waals surface area contributed by atoms with Crippen LogP contribution in [0.2, 0.25) is 0 Å². The van der Waals surface area contributed by atoms with Crippen LogP contribution in [0.5, 0.6) is 0 Å². The zero-order chi connectivity index (χ0) is 9.26. The Hall–Kier alpha value is -1.35. The van der Waals surface area contributed by atoms with Gasteiger partial charge in [0, 0.05) is 6.54 Å². The number of hydrogen-bond acceptors (Lipinski definition) is 2. The number of rotatable bonds is 1. The van der Waals surface area contributed by atoms with Gasteiger partial charge in [-0.25, -0.2) is 4.79 Å². The maximum Gasteiger partial charge on any atom is 0.335 e. The maximum atomic E-state index is 10.7. The highest BCUT2D eigenvalue weighted by Gasteiger charge is 2.10. The molecule has 2 N–H and O–H groups in total. The van der Waals surface area contributed by atoms with E-state index in [1.54, 1.807) is 12.1 Å². The van der Waals surface area contributed by atoms with Crippen molar-refractivity contribution in [3.8, 4) is 0 Å². The zero-order valence-electron chi connectivity index (χ0n) is 7.21. The van der Waals surface area contributed by atoms with E-state index in [0.29, 0.717) is 5.56 Å². The van der Waals surface area contributed by atoms with Gasteiger partial charge >= 0.3 is 5.97 Å². The molecule has 0 spiro atoms. The second-order valence-electron chi connectivity index (χ2n) is 3.22. The number of carboxylic acids is 1. The van der Waals surface area contributed by atoms with Gasteiger partial charge in [-0.05, 0) is 36.2 Å². The van der Waals surface area contributed by atoms with E-state index in [2.05, 4.69) is 5.32 Å². The number of carboxylic acid groups (broad SMARTS) is 1. The Morgan fingerprint density at radius 1 is 1.38 bits per heavy atom. The second-order valence-corrected chi connectivity index (χ2v) is 3.22. The first-order chi connectivity index (χ1) is 6.27. The van der Waals surface area contributed by atoms with Gasteiger partial charge in [0.1, 0.15) is 0 Å². The van der Waals surface area contributed by atoms with Gasteiger partial charge in [0.2, 0.25) is 0 Å². The van der Waals surface area contributed by atoms with Crippen LogP contribution in [0, 0.1) is 0 Å². The molecule has 0 amide bonds. The second kappa shape index (κ2) is 3.18. The first-order valence-electron chi connectivity index (χ1n) is 4.33. The molecule has 0 aliphatic carbocycles. The van der Waals surface area contributed by atoms with Gasteiger partial charge in [0.25, 0.3) is 0 Å². The standard InChI is InChI=1S/C10H11NO2/c12-10(13)8-1-2-9-6-11-4-3-7(9)5-8/h1-2,5,11H,3-4,6H2,(H,12,13). The third-order valence-electron chi connectivity index (χ3n) is 2.34. The Labute approximate surface area is 76.4 Å². The van der Waals surface area contributed by atoms with Gasteiger partial charge < -0.3 is 10.4 Å². The first-order valence-corrected chi connectivity index (χ1v) is 4.33. The van der Waals surface area contributed by atoms with Crippen molar-refractivity contribution in [1.29, 1.82) is 0 Å². The molecular weight excluding hydrogens is 166 g/mol. The summed E-state index contributed by atoms with van der Waals surface area (Å²) < 4.78 is 0. The summed E-state index contributed by atoms with van der Waals surface area (Å²) in [6.45, 7) is 1.80. The topological polar surface area (TPSA) is 49.3 Å². The van der Waals surface area contributed by atoms with Crippen molar-refractivity contribution >= 4 is 5.97 Å². The highest BCUT2D eigenvalue weighted by Crippen LogP contribution is 2.15. The summed E-state index contributed by atoms with van der Waals surface area (Å²) in [4.78, 5) is 10.7. The molecule has 1 aromatic carbocycles. The Morgan fingerprint density at radius 2 is 2.23 bits per heavy atom. The van der Waals surface area contributed by atoms with Crippen LogP contribution in [0.1, 0.15) is 21.5 Å². The molecule has 1 aromatic rings. The van der Waals surface area contributed by atoms with Crippen LogP contribution in [-0.4, -0.2) is 17.6 Å². The number of carbonyl (C=O) groups is 1. The molecule has 3 heteroatoms. The smallest absolute Gasteiger partial charge is 0.335 e. The van der Waals surface area contributed by atoms with E-state index in [4.69, 9.17) is 5.11 Å². The van der Waals surface area contributed by atoms with E-state index >= 15 is 0 Å². The SMILES string of the molecule is O=C(O)c1ccc2c(c1)CCNC2. The Bertz CT molecular complexity index is 347. The lowest BCUT2D eigenvalue weighted by atomic mass is 9.98. The zero-order valence-corrected chi connectivity index (χ0v) is 7.21. The fraction of sp³-hybridized carbons (Fsp3) is 0.300. The number of fused-ring (bicyclic) bond motifs is 1. The Balaban J connectivity index is 2.40. The van der Waals surface area contributed by atoms with Gasteiger partial charge in [-0.2, -0.15) is 0 Å². The van der Waals surface area contributed by atoms with Crippen LogP contribution in [0.3, 0.4) is 0 Å². The highest BCUT2D eigenvalue weighted by molar-refractivity contribution is 5.87. The molecule has 1 heterocycles. The molecule has 0 saturated carbocycles. The van der Waals surface area contributed by atoms with Crippen LogP contribution in [0.15, 0.2) is 18.2 Å². The summed E-state index contributed by atoms with van der Waals surface area (Å²) in [5, 5.41) is 12.0. The van der Waals surface area contributed by atoms with Crippen LogP contribution in [0.25, 0.3) is 0 Å². The predicted octanol–water partition coefficient (Wildman–Crippen LogP) is 1.03. The summed E-state index contributed by atoms with van der Waals surface area (Å²) in [6.07, 6.45) is 0.927. The molecule has 0 aromatic heterocycles. The summed E-state index contributed by atoms with van der Waals surface area (Å²) in [5.74, 6) is -0.846. The number of aromatic carboxylic acids is 1. The quantitative estimate of drug-likeness (QED) is 0.673. The molecule has 2 rings (SSSR count). The van der Waals surface area contributed by atoms with Crippen LogP contribution in [0.4, 0.5) is 0 Å². The van der Waals surface area contributed by atoms with Gasteiger partial charge in [-0.1, -0.05) is 6.07 Å². The lowest BCUT2D eigenvalue weighted by Crippen LogP contribution is -2.23. The Kier molecular flexibility index (Phi) is 2.02. The number of hydrogen-bond donors (Lipinski definition) is 2. The summed E-state index contributed by atoms with van der Waals surface area (Å²) in [7, 11) is 0. The van der Waals surface area contributed by atoms with E-state index in [1.165, 1.54) is 11.1 Å². The van der Waals surface area contributed by atoms with Gasteiger partial charge in [-0.3, -0.25) is 0 Å². The van der Waals surface area contributed by atoms with Crippen molar-refractivity contribution < 1.29 is 9.90 Å². The average molecular weight is 177 g/mol. The van der Waals surface area contributed by atoms with Crippen LogP contribution < -0.4 is 5.32 Å². The summed E-state index contributed by atoms with van der Waals surface area (Å²) in [6, 6.07) is 5.33. The largest absolute Gasteiger partial charge is 0.478 e. The van der Waals surface area contributed by atoms with E-state index in [1.807, 2.05) is 6.07 Å². The van der Waals surface area contributed by atoms with E-state index in [0.717, 1.165) is 19.5 Å². The van der Waals surface area contributed by atoms with Crippen molar-refractivity contribution in [3.63, 3.8) is 0 Å². The van der Waals surface area contributed by atoms with Gasteiger partial charge in [0.15, 0.2) is 0 Å². The fourth-order valence-electron chi connectivity index (χ4n) is 1.61. The van der Waals surface area contributed by atoms with E-state index in [-0.39, 0.29) is 0 Å². The molecule has 0 unspecified atom stereocenters. The molecule has 0 atom stereocenters. The van der Waals surface area contributed by atoms with Crippen LogP contribution >= 0.6 is 0 Å². The van der Waals surface area contributed by atoms with Crippen molar-refractivity contribution in [2.45, 2.75) is 13.0 Å². The van der Waals surface area contributed by atoms with Crippen molar-refractivity contribution in [2.24, 2.45) is 0 Å². The van der Waals surface area contributed by atoms with Crippen molar-refractivity contribution in [1.82, 2.24) is 5.32 Å². The number of benzene rings is 1. The summed E-state index contributed by atoms with van der Waals surface area (Å²) in [5.41, 5.74) is 2.77. The van der Waals surface area contributed by atoms with Crippen molar-refractivity contribution in [3.05, 3.63) is 34.9 Å². The van der Waals surface area contributed by atoms with Crippen molar-refractivity contribution in [2.75, 3.05) is 6.54 Å². The van der Waals surface area contributed by atoms with Crippen LogP contribution in [-0.2, 0) is 13.0 Å². The average Bonchev–Trinajstić information content (AvgIpc) is 2.17. The molecule has 1 aliphatic heterocycles. The normalized spacial score (nSPS) is 15.1. The molecular formula is C10H11NO2. The lowest BCUT2D eigenvalue weighted by Gasteiger charge is -2.16. The minimum Gasteiger partial charge on any atom is -0.478 e. The maximum absolute atomic E-state index is 10.7. The molecule has 13 heavy (non-hydrogen) atoms. The third-order valence-corrected chi connectivity index (χ3v) is 2.34. The summed E-state index contributed by atoms with van der Waals surface area (Å²) >= 11 is 0. The highest BCUT2D eigenvalue weighted by atomic mass is 16.4. The van der Waals surface area contributed by atoms with E-state index in [9.17, 15) is 4.79 Å². The molecule has 0 radical (unpaired) electrons. The molecule has 68 valence electrons. The lowest BCUT2D eigenvalue weighted by molar-refractivity contribution is 0.0696. The monoisotopic (exact) mass is 177 g/mol. The molecule has 1 aliphatic rings.